The first-order valence-electron chi connectivity index (χ1n) is 6.93. The summed E-state index contributed by atoms with van der Waals surface area (Å²) in [4.78, 5) is 0. The van der Waals surface area contributed by atoms with E-state index >= 15 is 0 Å². The first kappa shape index (κ1) is 11.8. The van der Waals surface area contributed by atoms with Crippen molar-refractivity contribution < 1.29 is 0 Å². The van der Waals surface area contributed by atoms with Crippen LogP contribution in [0.15, 0.2) is 24.3 Å². The second-order valence-electron chi connectivity index (χ2n) is 5.80. The van der Waals surface area contributed by atoms with E-state index in [1.165, 1.54) is 35.0 Å². The van der Waals surface area contributed by atoms with Crippen molar-refractivity contribution in [1.82, 2.24) is 9.88 Å². The zero-order valence-electron chi connectivity index (χ0n) is 11.5. The van der Waals surface area contributed by atoms with E-state index in [0.717, 1.165) is 18.5 Å². The number of aromatic nitrogens is 1. The van der Waals surface area contributed by atoms with Gasteiger partial charge >= 0.3 is 0 Å². The zero-order valence-corrected chi connectivity index (χ0v) is 11.5. The summed E-state index contributed by atoms with van der Waals surface area (Å²) in [6.07, 6.45) is 2.67. The molecular formula is C16H22N2. The second-order valence-corrected chi connectivity index (χ2v) is 5.80. The van der Waals surface area contributed by atoms with Crippen molar-refractivity contribution in [2.24, 2.45) is 13.0 Å². The molecule has 1 aliphatic carbocycles. The Morgan fingerprint density at radius 2 is 2.00 bits per heavy atom. The Morgan fingerprint density at radius 3 is 2.67 bits per heavy atom. The van der Waals surface area contributed by atoms with Crippen LogP contribution in [0.1, 0.15) is 31.0 Å². The molecule has 1 N–H and O–H groups in total. The first-order chi connectivity index (χ1) is 8.66. The van der Waals surface area contributed by atoms with Crippen LogP contribution in [0.4, 0.5) is 0 Å². The van der Waals surface area contributed by atoms with Crippen LogP contribution in [0, 0.1) is 12.8 Å². The molecule has 1 aliphatic rings. The third-order valence-corrected chi connectivity index (χ3v) is 4.44. The molecule has 0 amide bonds. The monoisotopic (exact) mass is 242 g/mol. The van der Waals surface area contributed by atoms with Gasteiger partial charge in [-0.25, -0.2) is 0 Å². The molecule has 1 aromatic heterocycles. The van der Waals surface area contributed by atoms with Crippen molar-refractivity contribution >= 4 is 10.9 Å². The quantitative estimate of drug-likeness (QED) is 0.873. The van der Waals surface area contributed by atoms with Crippen molar-refractivity contribution in [2.45, 2.75) is 39.3 Å². The van der Waals surface area contributed by atoms with Crippen LogP contribution in [0.3, 0.4) is 0 Å². The largest absolute Gasteiger partial charge is 0.346 e. The van der Waals surface area contributed by atoms with Crippen molar-refractivity contribution in [1.29, 1.82) is 0 Å². The lowest BCUT2D eigenvalue weighted by molar-refractivity contribution is 0.239. The molecule has 3 rings (SSSR count). The summed E-state index contributed by atoms with van der Waals surface area (Å²) in [5.74, 6) is 0.913. The Balaban J connectivity index is 1.83. The molecule has 1 fully saturated rings. The Hall–Kier alpha value is -1.28. The van der Waals surface area contributed by atoms with E-state index in [2.05, 4.69) is 55.0 Å². The van der Waals surface area contributed by atoms with E-state index in [9.17, 15) is 0 Å². The van der Waals surface area contributed by atoms with Crippen LogP contribution in [0.25, 0.3) is 10.9 Å². The summed E-state index contributed by atoms with van der Waals surface area (Å²) in [5.41, 5.74) is 4.19. The predicted molar refractivity (Wildman–Crippen MR) is 76.7 cm³/mol. The van der Waals surface area contributed by atoms with Crippen LogP contribution in [-0.2, 0) is 13.6 Å². The fraction of sp³-hybridized carbons (Fsp3) is 0.500. The average molecular weight is 242 g/mol. The van der Waals surface area contributed by atoms with Gasteiger partial charge in [0, 0.05) is 36.2 Å². The highest BCUT2D eigenvalue weighted by atomic mass is 15.0. The maximum Gasteiger partial charge on any atom is 0.0483 e. The normalized spacial score (nSPS) is 23.3. The topological polar surface area (TPSA) is 17.0 Å². The Kier molecular flexibility index (Phi) is 2.90. The van der Waals surface area contributed by atoms with Crippen LogP contribution < -0.4 is 5.32 Å². The van der Waals surface area contributed by atoms with Gasteiger partial charge in [0.15, 0.2) is 0 Å². The number of nitrogens with zero attached hydrogens (tertiary/aromatic N) is 1. The summed E-state index contributed by atoms with van der Waals surface area (Å²) in [7, 11) is 2.18. The van der Waals surface area contributed by atoms with Gasteiger partial charge in [0.05, 0.1) is 0 Å². The number of hydrogen-bond acceptors (Lipinski definition) is 1. The average Bonchev–Trinajstić information content (AvgIpc) is 2.58. The third-order valence-electron chi connectivity index (χ3n) is 4.44. The Bertz CT molecular complexity index is 523. The molecule has 0 unspecified atom stereocenters. The molecule has 0 bridgehead atoms. The number of nitrogens with one attached hydrogen (secondary N) is 1. The summed E-state index contributed by atoms with van der Waals surface area (Å²) in [5, 5.41) is 5.08. The fourth-order valence-electron chi connectivity index (χ4n) is 3.20. The maximum atomic E-state index is 3.69. The molecule has 2 heteroatoms. The Morgan fingerprint density at radius 1 is 1.28 bits per heavy atom. The van der Waals surface area contributed by atoms with Gasteiger partial charge in [-0.3, -0.25) is 0 Å². The van der Waals surface area contributed by atoms with E-state index in [1.54, 1.807) is 0 Å². The molecule has 2 nitrogen and oxygen atoms in total. The molecule has 0 atom stereocenters. The highest BCUT2D eigenvalue weighted by molar-refractivity contribution is 5.85. The molecule has 0 saturated heterocycles. The van der Waals surface area contributed by atoms with E-state index < -0.39 is 0 Å². The van der Waals surface area contributed by atoms with Crippen LogP contribution >= 0.6 is 0 Å². The predicted octanol–water partition coefficient (Wildman–Crippen LogP) is 3.37. The smallest absolute Gasteiger partial charge is 0.0483 e. The van der Waals surface area contributed by atoms with Crippen molar-refractivity contribution in [2.75, 3.05) is 0 Å². The van der Waals surface area contributed by atoms with Gasteiger partial charge in [0.2, 0.25) is 0 Å². The SMILES string of the molecule is Cc1c(CNC2CC(C)C2)n(C)c2ccccc12. The summed E-state index contributed by atoms with van der Waals surface area (Å²) < 4.78 is 2.33. The molecule has 2 aromatic rings. The molecule has 18 heavy (non-hydrogen) atoms. The van der Waals surface area contributed by atoms with Crippen LogP contribution in [0.2, 0.25) is 0 Å². The lowest BCUT2D eigenvalue weighted by Gasteiger charge is -2.33. The molecule has 1 saturated carbocycles. The van der Waals surface area contributed by atoms with Gasteiger partial charge in [0.25, 0.3) is 0 Å². The van der Waals surface area contributed by atoms with Gasteiger partial charge in [-0.2, -0.15) is 0 Å². The number of para-hydroxylation sites is 1. The van der Waals surface area contributed by atoms with Crippen molar-refractivity contribution in [3.63, 3.8) is 0 Å². The molecule has 0 aliphatic heterocycles. The highest BCUT2D eigenvalue weighted by Gasteiger charge is 2.25. The molecule has 0 spiro atoms. The lowest BCUT2D eigenvalue weighted by atomic mass is 9.82. The number of rotatable bonds is 3. The number of hydrogen-bond donors (Lipinski definition) is 1. The molecular weight excluding hydrogens is 220 g/mol. The maximum absolute atomic E-state index is 3.69. The molecule has 0 radical (unpaired) electrons. The van der Waals surface area contributed by atoms with Gasteiger partial charge in [-0.1, -0.05) is 25.1 Å². The van der Waals surface area contributed by atoms with Crippen molar-refractivity contribution in [3.05, 3.63) is 35.5 Å². The summed E-state index contributed by atoms with van der Waals surface area (Å²) >= 11 is 0. The van der Waals surface area contributed by atoms with Gasteiger partial charge in [0.1, 0.15) is 0 Å². The molecule has 96 valence electrons. The molecule has 1 heterocycles. The number of aryl methyl sites for hydroxylation is 2. The minimum absolute atomic E-state index is 0.734. The van der Waals surface area contributed by atoms with Crippen LogP contribution in [0.5, 0.6) is 0 Å². The van der Waals surface area contributed by atoms with Gasteiger partial charge in [-0.15, -0.1) is 0 Å². The van der Waals surface area contributed by atoms with Gasteiger partial charge in [-0.05, 0) is 37.3 Å². The lowest BCUT2D eigenvalue weighted by Crippen LogP contribution is -2.39. The first-order valence-corrected chi connectivity index (χ1v) is 6.93. The fourth-order valence-corrected chi connectivity index (χ4v) is 3.20. The summed E-state index contributed by atoms with van der Waals surface area (Å²) in [6, 6.07) is 9.40. The van der Waals surface area contributed by atoms with E-state index in [0.29, 0.717) is 0 Å². The van der Waals surface area contributed by atoms with Crippen LogP contribution in [-0.4, -0.2) is 10.6 Å². The zero-order chi connectivity index (χ0) is 12.7. The highest BCUT2D eigenvalue weighted by Crippen LogP contribution is 2.28. The minimum Gasteiger partial charge on any atom is -0.346 e. The minimum atomic E-state index is 0.734. The third kappa shape index (κ3) is 1.85. The second kappa shape index (κ2) is 4.43. The van der Waals surface area contributed by atoms with Gasteiger partial charge < -0.3 is 9.88 Å². The van der Waals surface area contributed by atoms with E-state index in [1.807, 2.05) is 0 Å². The Labute approximate surface area is 109 Å². The number of fused-ring (bicyclic) bond motifs is 1. The van der Waals surface area contributed by atoms with Crippen molar-refractivity contribution in [3.8, 4) is 0 Å². The molecule has 1 aromatic carbocycles. The summed E-state index contributed by atoms with van der Waals surface area (Å²) in [6.45, 7) is 5.57. The number of benzene rings is 1. The van der Waals surface area contributed by atoms with E-state index in [4.69, 9.17) is 0 Å². The standard InChI is InChI=1S/C16H22N2/c1-11-8-13(9-11)17-10-16-12(2)14-6-4-5-7-15(14)18(16)3/h4-7,11,13,17H,8-10H2,1-3H3. The van der Waals surface area contributed by atoms with E-state index in [-0.39, 0.29) is 0 Å².